The maximum absolute atomic E-state index is 5.42. The average Bonchev–Trinajstić information content (AvgIpc) is 3.02. The molecule has 5 heteroatoms. The van der Waals surface area contributed by atoms with E-state index in [1.54, 1.807) is 14.2 Å². The number of hydrazine groups is 1. The zero-order valence-corrected chi connectivity index (χ0v) is 15.2. The van der Waals surface area contributed by atoms with Crippen LogP contribution in [0.3, 0.4) is 0 Å². The Hall–Kier alpha value is -1.14. The van der Waals surface area contributed by atoms with Gasteiger partial charge in [0.05, 0.1) is 13.7 Å². The lowest BCUT2D eigenvalue weighted by Gasteiger charge is -2.36. The second kappa shape index (κ2) is 8.30. The quantitative estimate of drug-likeness (QED) is 0.835. The zero-order chi connectivity index (χ0) is 16.9. The minimum Gasteiger partial charge on any atom is -0.496 e. The monoisotopic (exact) mass is 333 g/mol. The van der Waals surface area contributed by atoms with E-state index in [-0.39, 0.29) is 0 Å². The molecule has 5 nitrogen and oxygen atoms in total. The topological polar surface area (TPSA) is 45.8 Å². The molecular formula is C19H31N3O2. The molecule has 0 aliphatic carbocycles. The molecule has 0 spiro atoms. The van der Waals surface area contributed by atoms with Gasteiger partial charge in [-0.2, -0.15) is 0 Å². The molecule has 0 amide bonds. The van der Waals surface area contributed by atoms with Crippen LogP contribution in [0.2, 0.25) is 0 Å². The van der Waals surface area contributed by atoms with Crippen LogP contribution in [-0.4, -0.2) is 44.8 Å². The Morgan fingerprint density at radius 1 is 1.21 bits per heavy atom. The highest BCUT2D eigenvalue weighted by atomic mass is 16.5. The van der Waals surface area contributed by atoms with E-state index in [9.17, 15) is 0 Å². The molecule has 0 bridgehead atoms. The summed E-state index contributed by atoms with van der Waals surface area (Å²) in [5.41, 5.74) is 9.26. The highest BCUT2D eigenvalue weighted by molar-refractivity contribution is 5.37. The van der Waals surface area contributed by atoms with Crippen LogP contribution in [0.15, 0.2) is 18.2 Å². The third kappa shape index (κ3) is 4.09. The van der Waals surface area contributed by atoms with Gasteiger partial charge in [-0.15, -0.1) is 0 Å². The van der Waals surface area contributed by atoms with Crippen molar-refractivity contribution in [1.29, 1.82) is 0 Å². The van der Waals surface area contributed by atoms with Gasteiger partial charge in [-0.3, -0.25) is 15.8 Å². The Morgan fingerprint density at radius 3 is 2.62 bits per heavy atom. The van der Waals surface area contributed by atoms with E-state index < -0.39 is 0 Å². The first-order valence-electron chi connectivity index (χ1n) is 9.06. The normalized spacial score (nSPS) is 26.0. The van der Waals surface area contributed by atoms with E-state index in [0.717, 1.165) is 36.2 Å². The van der Waals surface area contributed by atoms with Crippen molar-refractivity contribution in [2.45, 2.75) is 39.0 Å². The Labute approximate surface area is 145 Å². The molecule has 2 heterocycles. The van der Waals surface area contributed by atoms with Gasteiger partial charge < -0.3 is 9.47 Å². The van der Waals surface area contributed by atoms with E-state index >= 15 is 0 Å². The minimum atomic E-state index is 0.595. The fourth-order valence-corrected chi connectivity index (χ4v) is 4.12. The van der Waals surface area contributed by atoms with Crippen molar-refractivity contribution in [2.75, 3.05) is 33.9 Å². The van der Waals surface area contributed by atoms with Gasteiger partial charge in [0, 0.05) is 31.8 Å². The summed E-state index contributed by atoms with van der Waals surface area (Å²) in [4.78, 5) is 2.57. The molecule has 134 valence electrons. The molecule has 2 fully saturated rings. The van der Waals surface area contributed by atoms with Crippen molar-refractivity contribution in [2.24, 2.45) is 11.8 Å². The average molecular weight is 333 g/mol. The number of nitrogens with one attached hydrogen (secondary N) is 2. The van der Waals surface area contributed by atoms with E-state index in [1.165, 1.54) is 31.5 Å². The predicted molar refractivity (Wildman–Crippen MR) is 95.8 cm³/mol. The summed E-state index contributed by atoms with van der Waals surface area (Å²) in [6, 6.07) is 7.10. The van der Waals surface area contributed by atoms with Crippen molar-refractivity contribution in [3.8, 4) is 5.75 Å². The summed E-state index contributed by atoms with van der Waals surface area (Å²) in [5.74, 6) is 2.44. The molecule has 2 unspecified atom stereocenters. The second-order valence-electron chi connectivity index (χ2n) is 7.22. The maximum Gasteiger partial charge on any atom is 0.124 e. The van der Waals surface area contributed by atoms with Gasteiger partial charge in [0.1, 0.15) is 5.75 Å². The van der Waals surface area contributed by atoms with Gasteiger partial charge in [-0.05, 0) is 55.5 Å². The summed E-state index contributed by atoms with van der Waals surface area (Å²) < 4.78 is 10.7. The van der Waals surface area contributed by atoms with Crippen LogP contribution in [0, 0.1) is 11.8 Å². The number of nitrogens with zero attached hydrogens (tertiary/aromatic N) is 1. The molecule has 2 N–H and O–H groups in total. The molecule has 0 saturated carbocycles. The predicted octanol–water partition coefficient (Wildman–Crippen LogP) is 2.17. The smallest absolute Gasteiger partial charge is 0.124 e. The van der Waals surface area contributed by atoms with Gasteiger partial charge in [-0.1, -0.05) is 13.0 Å². The standard InChI is InChI=1S/C19H31N3O2/c1-14-11-20-21-19(14)16-6-8-22(9-7-16)12-15-4-5-18(24-3)17(10-15)13-23-2/h4-5,10,14,16,19-21H,6-9,11-13H2,1-3H3. The first-order chi connectivity index (χ1) is 11.7. The van der Waals surface area contributed by atoms with Gasteiger partial charge in [0.15, 0.2) is 0 Å². The van der Waals surface area contributed by atoms with Gasteiger partial charge in [0.2, 0.25) is 0 Å². The zero-order valence-electron chi connectivity index (χ0n) is 15.2. The van der Waals surface area contributed by atoms with Crippen molar-refractivity contribution < 1.29 is 9.47 Å². The Morgan fingerprint density at radius 2 is 2.00 bits per heavy atom. The molecule has 0 aromatic heterocycles. The van der Waals surface area contributed by atoms with Crippen LogP contribution in [0.5, 0.6) is 5.75 Å². The molecular weight excluding hydrogens is 302 g/mol. The molecule has 2 atom stereocenters. The van der Waals surface area contributed by atoms with Crippen LogP contribution < -0.4 is 15.6 Å². The van der Waals surface area contributed by atoms with Gasteiger partial charge >= 0.3 is 0 Å². The summed E-state index contributed by atoms with van der Waals surface area (Å²) in [7, 11) is 3.44. The summed E-state index contributed by atoms with van der Waals surface area (Å²) >= 11 is 0. The minimum absolute atomic E-state index is 0.595. The number of benzene rings is 1. The lowest BCUT2D eigenvalue weighted by Crippen LogP contribution is -2.44. The molecule has 1 aromatic carbocycles. The number of hydrogen-bond donors (Lipinski definition) is 2. The summed E-state index contributed by atoms with van der Waals surface area (Å²) in [6.07, 6.45) is 2.57. The SMILES string of the molecule is COCc1cc(CN2CCC(C3NNCC3C)CC2)ccc1OC. The Balaban J connectivity index is 1.55. The number of piperidine rings is 1. The highest BCUT2D eigenvalue weighted by Crippen LogP contribution is 2.28. The van der Waals surface area contributed by atoms with E-state index in [0.29, 0.717) is 12.6 Å². The third-order valence-corrected chi connectivity index (χ3v) is 5.50. The number of ether oxygens (including phenoxy) is 2. The fraction of sp³-hybridized carbons (Fsp3) is 0.684. The van der Waals surface area contributed by atoms with Gasteiger partial charge in [0.25, 0.3) is 0 Å². The van der Waals surface area contributed by atoms with E-state index in [2.05, 4.69) is 40.9 Å². The largest absolute Gasteiger partial charge is 0.496 e. The van der Waals surface area contributed by atoms with E-state index in [1.807, 2.05) is 0 Å². The maximum atomic E-state index is 5.42. The summed E-state index contributed by atoms with van der Waals surface area (Å²) in [5, 5.41) is 0. The fourth-order valence-electron chi connectivity index (χ4n) is 4.12. The number of rotatable bonds is 6. The first-order valence-corrected chi connectivity index (χ1v) is 9.06. The van der Waals surface area contributed by atoms with Crippen LogP contribution in [-0.2, 0) is 17.9 Å². The molecule has 24 heavy (non-hydrogen) atoms. The van der Waals surface area contributed by atoms with Crippen LogP contribution in [0.4, 0.5) is 0 Å². The molecule has 0 radical (unpaired) electrons. The van der Waals surface area contributed by atoms with Crippen molar-refractivity contribution in [3.63, 3.8) is 0 Å². The third-order valence-electron chi connectivity index (χ3n) is 5.50. The molecule has 1 aromatic rings. The van der Waals surface area contributed by atoms with Crippen molar-refractivity contribution >= 4 is 0 Å². The van der Waals surface area contributed by atoms with Crippen LogP contribution in [0.25, 0.3) is 0 Å². The number of methoxy groups -OCH3 is 2. The van der Waals surface area contributed by atoms with Gasteiger partial charge in [-0.25, -0.2) is 0 Å². The van der Waals surface area contributed by atoms with Crippen LogP contribution >= 0.6 is 0 Å². The Kier molecular flexibility index (Phi) is 6.11. The summed E-state index contributed by atoms with van der Waals surface area (Å²) in [6.45, 7) is 7.41. The Bertz CT molecular complexity index is 529. The van der Waals surface area contributed by atoms with Crippen molar-refractivity contribution in [1.82, 2.24) is 15.8 Å². The lowest BCUT2D eigenvalue weighted by atomic mass is 9.84. The van der Waals surface area contributed by atoms with E-state index in [4.69, 9.17) is 9.47 Å². The molecule has 2 saturated heterocycles. The lowest BCUT2D eigenvalue weighted by molar-refractivity contribution is 0.146. The van der Waals surface area contributed by atoms with Crippen LogP contribution in [0.1, 0.15) is 30.9 Å². The molecule has 2 aliphatic rings. The number of hydrogen-bond acceptors (Lipinski definition) is 5. The highest BCUT2D eigenvalue weighted by Gasteiger charge is 2.32. The van der Waals surface area contributed by atoms with Crippen molar-refractivity contribution in [3.05, 3.63) is 29.3 Å². The first kappa shape index (κ1) is 17.7. The molecule has 2 aliphatic heterocycles. The molecule has 3 rings (SSSR count). The number of likely N-dealkylation sites (tertiary alicyclic amines) is 1. The second-order valence-corrected chi connectivity index (χ2v) is 7.22.